The molecule has 0 fully saturated rings. The quantitative estimate of drug-likeness (QED) is 0.785. The van der Waals surface area contributed by atoms with Crippen molar-refractivity contribution < 1.29 is 9.53 Å². The number of rotatable bonds is 6. The molecular formula is C14H17N3O3. The van der Waals surface area contributed by atoms with E-state index in [9.17, 15) is 9.59 Å². The van der Waals surface area contributed by atoms with Crippen LogP contribution in [0.5, 0.6) is 5.75 Å². The molecule has 0 bridgehead atoms. The Balaban J connectivity index is 2.40. The second kappa shape index (κ2) is 6.18. The van der Waals surface area contributed by atoms with E-state index < -0.39 is 0 Å². The van der Waals surface area contributed by atoms with E-state index in [-0.39, 0.29) is 17.2 Å². The number of H-pyrrole nitrogens is 2. The van der Waals surface area contributed by atoms with Crippen LogP contribution in [-0.4, -0.2) is 27.3 Å². The van der Waals surface area contributed by atoms with Crippen molar-refractivity contribution in [3.63, 3.8) is 0 Å². The predicted molar refractivity (Wildman–Crippen MR) is 74.2 cm³/mol. The molecule has 0 radical (unpaired) electrons. The minimum absolute atomic E-state index is 0.270. The Morgan fingerprint density at radius 1 is 1.35 bits per heavy atom. The van der Waals surface area contributed by atoms with Gasteiger partial charge in [0.15, 0.2) is 0 Å². The maximum Gasteiger partial charge on any atom is 0.323 e. The number of aromatic amines is 2. The van der Waals surface area contributed by atoms with Crippen LogP contribution in [0.4, 0.5) is 0 Å². The van der Waals surface area contributed by atoms with Gasteiger partial charge in [-0.2, -0.15) is 0 Å². The van der Waals surface area contributed by atoms with Crippen molar-refractivity contribution in [1.29, 1.82) is 0 Å². The summed E-state index contributed by atoms with van der Waals surface area (Å²) in [6.45, 7) is 4.36. The van der Waals surface area contributed by atoms with Crippen LogP contribution in [0.15, 0.2) is 23.3 Å². The SMILES string of the molecule is CCCOc1cnccc1C(=O)c1[nH]c(=O)[nH]c1CC. The summed E-state index contributed by atoms with van der Waals surface area (Å²) in [7, 11) is 0. The number of nitrogens with zero attached hydrogens (tertiary/aromatic N) is 1. The van der Waals surface area contributed by atoms with Gasteiger partial charge in [0.25, 0.3) is 0 Å². The number of pyridine rings is 1. The third-order valence-electron chi connectivity index (χ3n) is 2.88. The van der Waals surface area contributed by atoms with Gasteiger partial charge in [-0.15, -0.1) is 0 Å². The third-order valence-corrected chi connectivity index (χ3v) is 2.88. The third kappa shape index (κ3) is 2.79. The van der Waals surface area contributed by atoms with Crippen LogP contribution in [0.2, 0.25) is 0 Å². The number of aryl methyl sites for hydroxylation is 1. The Kier molecular flexibility index (Phi) is 4.34. The summed E-state index contributed by atoms with van der Waals surface area (Å²) in [6.07, 6.45) is 4.45. The topological polar surface area (TPSA) is 87.8 Å². The summed E-state index contributed by atoms with van der Waals surface area (Å²) in [4.78, 5) is 33.0. The van der Waals surface area contributed by atoms with Gasteiger partial charge in [-0.1, -0.05) is 13.8 Å². The van der Waals surface area contributed by atoms with Crippen molar-refractivity contribution in [3.8, 4) is 5.75 Å². The molecule has 2 heterocycles. The standard InChI is InChI=1S/C14H17N3O3/c1-3-7-20-11-8-15-6-5-9(11)13(18)12-10(4-2)16-14(19)17-12/h5-6,8H,3-4,7H2,1-2H3,(H2,16,17,19). The van der Waals surface area contributed by atoms with Crippen LogP contribution in [-0.2, 0) is 6.42 Å². The molecule has 6 heteroatoms. The first-order valence-electron chi connectivity index (χ1n) is 6.60. The largest absolute Gasteiger partial charge is 0.491 e. The zero-order valence-corrected chi connectivity index (χ0v) is 11.5. The number of ketones is 1. The number of ether oxygens (including phenoxy) is 1. The lowest BCUT2D eigenvalue weighted by molar-refractivity contribution is 0.102. The molecule has 2 aromatic heterocycles. The van der Waals surface area contributed by atoms with Gasteiger partial charge in [0.05, 0.1) is 18.4 Å². The zero-order chi connectivity index (χ0) is 14.5. The highest BCUT2D eigenvalue weighted by Gasteiger charge is 2.19. The lowest BCUT2D eigenvalue weighted by Crippen LogP contribution is -2.10. The highest BCUT2D eigenvalue weighted by molar-refractivity contribution is 6.10. The molecule has 106 valence electrons. The van der Waals surface area contributed by atoms with E-state index in [0.717, 1.165) is 6.42 Å². The predicted octanol–water partition coefficient (Wildman–Crippen LogP) is 1.68. The molecule has 6 nitrogen and oxygen atoms in total. The number of carbonyl (C=O) groups is 1. The first-order chi connectivity index (χ1) is 9.67. The van der Waals surface area contributed by atoms with Crippen molar-refractivity contribution in [2.75, 3.05) is 6.61 Å². The van der Waals surface area contributed by atoms with E-state index in [1.807, 2.05) is 13.8 Å². The lowest BCUT2D eigenvalue weighted by Gasteiger charge is -2.09. The number of hydrogen-bond donors (Lipinski definition) is 2. The van der Waals surface area contributed by atoms with E-state index in [2.05, 4.69) is 15.0 Å². The van der Waals surface area contributed by atoms with Gasteiger partial charge in [-0.3, -0.25) is 9.78 Å². The monoisotopic (exact) mass is 275 g/mol. The number of carbonyl (C=O) groups excluding carboxylic acids is 1. The van der Waals surface area contributed by atoms with E-state index >= 15 is 0 Å². The Hall–Kier alpha value is -2.37. The maximum atomic E-state index is 12.5. The van der Waals surface area contributed by atoms with Crippen LogP contribution < -0.4 is 10.4 Å². The molecule has 20 heavy (non-hydrogen) atoms. The molecule has 0 saturated heterocycles. The summed E-state index contributed by atoms with van der Waals surface area (Å²) in [5.74, 6) is 0.164. The van der Waals surface area contributed by atoms with Gasteiger partial charge < -0.3 is 14.7 Å². The zero-order valence-electron chi connectivity index (χ0n) is 11.5. The fourth-order valence-electron chi connectivity index (χ4n) is 1.91. The van der Waals surface area contributed by atoms with E-state index in [1.165, 1.54) is 12.4 Å². The summed E-state index contributed by atoms with van der Waals surface area (Å²) < 4.78 is 5.52. The second-order valence-electron chi connectivity index (χ2n) is 4.34. The van der Waals surface area contributed by atoms with Crippen molar-refractivity contribution in [3.05, 3.63) is 45.9 Å². The normalized spacial score (nSPS) is 10.5. The van der Waals surface area contributed by atoms with Gasteiger partial charge >= 0.3 is 5.69 Å². The van der Waals surface area contributed by atoms with Gasteiger partial charge in [0, 0.05) is 11.9 Å². The molecule has 0 aliphatic rings. The second-order valence-corrected chi connectivity index (χ2v) is 4.34. The molecule has 2 rings (SSSR count). The molecule has 0 spiro atoms. The van der Waals surface area contributed by atoms with Gasteiger partial charge in [-0.05, 0) is 18.9 Å². The summed E-state index contributed by atoms with van der Waals surface area (Å²) in [5, 5.41) is 0. The van der Waals surface area contributed by atoms with Crippen LogP contribution in [0, 0.1) is 0 Å². The van der Waals surface area contributed by atoms with Crippen molar-refractivity contribution in [2.45, 2.75) is 26.7 Å². The van der Waals surface area contributed by atoms with Crippen molar-refractivity contribution in [1.82, 2.24) is 15.0 Å². The van der Waals surface area contributed by atoms with Crippen molar-refractivity contribution in [2.24, 2.45) is 0 Å². The molecule has 2 aromatic rings. The molecule has 0 aliphatic heterocycles. The average molecular weight is 275 g/mol. The Morgan fingerprint density at radius 3 is 2.85 bits per heavy atom. The fourth-order valence-corrected chi connectivity index (χ4v) is 1.91. The fraction of sp³-hybridized carbons (Fsp3) is 0.357. The molecule has 0 aromatic carbocycles. The van der Waals surface area contributed by atoms with Crippen LogP contribution in [0.1, 0.15) is 42.0 Å². The lowest BCUT2D eigenvalue weighted by atomic mass is 10.1. The molecular weight excluding hydrogens is 258 g/mol. The van der Waals surface area contributed by atoms with E-state index in [0.29, 0.717) is 30.0 Å². The Bertz CT molecular complexity index is 658. The Morgan fingerprint density at radius 2 is 2.15 bits per heavy atom. The summed E-state index contributed by atoms with van der Waals surface area (Å²) in [5.41, 5.74) is 0.900. The van der Waals surface area contributed by atoms with Crippen LogP contribution >= 0.6 is 0 Å². The highest BCUT2D eigenvalue weighted by atomic mass is 16.5. The molecule has 0 atom stereocenters. The van der Waals surface area contributed by atoms with Gasteiger partial charge in [0.2, 0.25) is 5.78 Å². The first kappa shape index (κ1) is 14.0. The molecule has 2 N–H and O–H groups in total. The van der Waals surface area contributed by atoms with Crippen molar-refractivity contribution >= 4 is 5.78 Å². The van der Waals surface area contributed by atoms with Crippen LogP contribution in [0.25, 0.3) is 0 Å². The number of imidazole rings is 1. The number of hydrogen-bond acceptors (Lipinski definition) is 4. The van der Waals surface area contributed by atoms with Gasteiger partial charge in [0.1, 0.15) is 11.4 Å². The minimum atomic E-state index is -0.379. The smallest absolute Gasteiger partial charge is 0.323 e. The number of aromatic nitrogens is 3. The maximum absolute atomic E-state index is 12.5. The molecule has 0 unspecified atom stereocenters. The van der Waals surface area contributed by atoms with Gasteiger partial charge in [-0.25, -0.2) is 4.79 Å². The van der Waals surface area contributed by atoms with E-state index in [4.69, 9.17) is 4.74 Å². The highest BCUT2D eigenvalue weighted by Crippen LogP contribution is 2.20. The number of nitrogens with one attached hydrogen (secondary N) is 2. The average Bonchev–Trinajstić information content (AvgIpc) is 2.85. The summed E-state index contributed by atoms with van der Waals surface area (Å²) in [6, 6.07) is 1.60. The van der Waals surface area contributed by atoms with E-state index in [1.54, 1.807) is 6.07 Å². The first-order valence-corrected chi connectivity index (χ1v) is 6.60. The summed E-state index contributed by atoms with van der Waals surface area (Å²) >= 11 is 0. The molecule has 0 saturated carbocycles. The minimum Gasteiger partial charge on any atom is -0.491 e. The molecule has 0 aliphatic carbocycles. The Labute approximate surface area is 116 Å². The molecule has 0 amide bonds. The van der Waals surface area contributed by atoms with Crippen LogP contribution in [0.3, 0.4) is 0 Å².